The topological polar surface area (TPSA) is 50.4 Å². The summed E-state index contributed by atoms with van der Waals surface area (Å²) in [6.45, 7) is 2.58. The first-order chi connectivity index (χ1) is 11.5. The second-order valence-corrected chi connectivity index (χ2v) is 6.74. The molecule has 0 aliphatic heterocycles. The van der Waals surface area contributed by atoms with E-state index in [2.05, 4.69) is 10.6 Å². The number of rotatable bonds is 5. The van der Waals surface area contributed by atoms with Crippen molar-refractivity contribution in [2.75, 3.05) is 19.0 Å². The fourth-order valence-corrected chi connectivity index (χ4v) is 2.98. The Morgan fingerprint density at radius 3 is 2.54 bits per heavy atom. The number of ether oxygens (including phenoxy) is 1. The zero-order chi connectivity index (χ0) is 17.2. The van der Waals surface area contributed by atoms with Crippen molar-refractivity contribution in [3.8, 4) is 5.75 Å². The molecule has 2 amide bonds. The van der Waals surface area contributed by atoms with Crippen LogP contribution < -0.4 is 15.4 Å². The van der Waals surface area contributed by atoms with Crippen LogP contribution in [0, 0.1) is 6.92 Å². The fourth-order valence-electron chi connectivity index (χ4n) is 2.86. The van der Waals surface area contributed by atoms with Crippen molar-refractivity contribution >= 4 is 23.3 Å². The minimum Gasteiger partial charge on any atom is -0.495 e. The molecule has 2 aromatic rings. The summed E-state index contributed by atoms with van der Waals surface area (Å²) >= 11 is 5.95. The molecule has 0 radical (unpaired) electrons. The van der Waals surface area contributed by atoms with Gasteiger partial charge in [-0.3, -0.25) is 0 Å². The Bertz CT molecular complexity index is 740. The van der Waals surface area contributed by atoms with Gasteiger partial charge in [0.25, 0.3) is 0 Å². The van der Waals surface area contributed by atoms with Gasteiger partial charge in [-0.25, -0.2) is 4.79 Å². The quantitative estimate of drug-likeness (QED) is 0.838. The van der Waals surface area contributed by atoms with Gasteiger partial charge in [-0.2, -0.15) is 0 Å². The number of carbonyl (C=O) groups excluding carboxylic acids is 1. The number of anilines is 1. The van der Waals surface area contributed by atoms with Crippen LogP contribution in [0.2, 0.25) is 5.02 Å². The van der Waals surface area contributed by atoms with Crippen LogP contribution in [-0.4, -0.2) is 19.7 Å². The Kier molecular flexibility index (Phi) is 4.67. The summed E-state index contributed by atoms with van der Waals surface area (Å²) in [5.74, 6) is 0.648. The van der Waals surface area contributed by atoms with Gasteiger partial charge in [-0.15, -0.1) is 0 Å². The fraction of sp³-hybridized carbons (Fsp3) is 0.316. The first kappa shape index (κ1) is 16.7. The maximum absolute atomic E-state index is 12.3. The molecule has 5 heteroatoms. The number of hydrogen-bond acceptors (Lipinski definition) is 2. The SMILES string of the molecule is COc1ccc(C)cc1NC(=O)NCC1(c2ccc(Cl)cc2)CC1. The zero-order valence-electron chi connectivity index (χ0n) is 13.9. The van der Waals surface area contributed by atoms with Crippen LogP contribution in [0.4, 0.5) is 10.5 Å². The van der Waals surface area contributed by atoms with Crippen molar-refractivity contribution in [2.24, 2.45) is 0 Å². The van der Waals surface area contributed by atoms with E-state index in [1.165, 1.54) is 5.56 Å². The van der Waals surface area contributed by atoms with Crippen molar-refractivity contribution in [3.63, 3.8) is 0 Å². The Morgan fingerprint density at radius 2 is 1.92 bits per heavy atom. The van der Waals surface area contributed by atoms with E-state index in [0.29, 0.717) is 18.0 Å². The molecule has 2 aromatic carbocycles. The van der Waals surface area contributed by atoms with Gasteiger partial charge in [0.1, 0.15) is 5.75 Å². The van der Waals surface area contributed by atoms with E-state index in [0.717, 1.165) is 23.4 Å². The molecule has 0 spiro atoms. The number of urea groups is 1. The number of halogens is 1. The lowest BCUT2D eigenvalue weighted by Crippen LogP contribution is -2.35. The minimum atomic E-state index is -0.223. The summed E-state index contributed by atoms with van der Waals surface area (Å²) < 4.78 is 5.28. The van der Waals surface area contributed by atoms with Crippen LogP contribution in [-0.2, 0) is 5.41 Å². The number of benzene rings is 2. The Hall–Kier alpha value is -2.20. The molecule has 0 saturated heterocycles. The minimum absolute atomic E-state index is 0.0403. The molecular formula is C19H21ClN2O2. The van der Waals surface area contributed by atoms with Gasteiger partial charge >= 0.3 is 6.03 Å². The number of carbonyl (C=O) groups is 1. The van der Waals surface area contributed by atoms with Crippen molar-refractivity contribution in [2.45, 2.75) is 25.2 Å². The predicted molar refractivity (Wildman–Crippen MR) is 97.1 cm³/mol. The van der Waals surface area contributed by atoms with Gasteiger partial charge < -0.3 is 15.4 Å². The summed E-state index contributed by atoms with van der Waals surface area (Å²) in [5.41, 5.74) is 3.00. The van der Waals surface area contributed by atoms with Crippen molar-refractivity contribution in [1.29, 1.82) is 0 Å². The van der Waals surface area contributed by atoms with Crippen molar-refractivity contribution in [3.05, 3.63) is 58.6 Å². The molecule has 3 rings (SSSR count). The highest BCUT2D eigenvalue weighted by Crippen LogP contribution is 2.47. The molecule has 0 bridgehead atoms. The second kappa shape index (κ2) is 6.73. The Morgan fingerprint density at radius 1 is 1.21 bits per heavy atom. The molecule has 2 N–H and O–H groups in total. The number of aryl methyl sites for hydroxylation is 1. The van der Waals surface area contributed by atoms with E-state index in [4.69, 9.17) is 16.3 Å². The molecule has 1 aliphatic carbocycles. The van der Waals surface area contributed by atoms with Crippen LogP contribution in [0.3, 0.4) is 0 Å². The first-order valence-electron chi connectivity index (χ1n) is 7.98. The van der Waals surface area contributed by atoms with E-state index in [9.17, 15) is 4.79 Å². The molecule has 1 fully saturated rings. The van der Waals surface area contributed by atoms with Gasteiger partial charge in [0.05, 0.1) is 12.8 Å². The highest BCUT2D eigenvalue weighted by Gasteiger charge is 2.44. The van der Waals surface area contributed by atoms with Crippen LogP contribution >= 0.6 is 11.6 Å². The normalized spacial score (nSPS) is 14.8. The van der Waals surface area contributed by atoms with Crippen LogP contribution in [0.25, 0.3) is 0 Å². The molecule has 0 atom stereocenters. The average Bonchev–Trinajstić information content (AvgIpc) is 3.35. The number of amides is 2. The van der Waals surface area contributed by atoms with Crippen molar-refractivity contribution < 1.29 is 9.53 Å². The third-order valence-electron chi connectivity index (χ3n) is 4.50. The number of hydrogen-bond donors (Lipinski definition) is 2. The van der Waals surface area contributed by atoms with Crippen LogP contribution in [0.5, 0.6) is 5.75 Å². The Balaban J connectivity index is 1.62. The average molecular weight is 345 g/mol. The molecule has 0 heterocycles. The highest BCUT2D eigenvalue weighted by atomic mass is 35.5. The number of methoxy groups -OCH3 is 1. The lowest BCUT2D eigenvalue weighted by Gasteiger charge is -2.18. The second-order valence-electron chi connectivity index (χ2n) is 6.30. The predicted octanol–water partition coefficient (Wildman–Crippen LogP) is 4.51. The van der Waals surface area contributed by atoms with Gasteiger partial charge in [0, 0.05) is 17.0 Å². The summed E-state index contributed by atoms with van der Waals surface area (Å²) in [6.07, 6.45) is 2.14. The van der Waals surface area contributed by atoms with Crippen LogP contribution in [0.15, 0.2) is 42.5 Å². The Labute approximate surface area is 147 Å². The van der Waals surface area contributed by atoms with Gasteiger partial charge in [-0.05, 0) is 55.2 Å². The molecule has 0 unspecified atom stereocenters. The summed E-state index contributed by atoms with van der Waals surface area (Å²) in [5, 5.41) is 6.57. The lowest BCUT2D eigenvalue weighted by molar-refractivity contribution is 0.251. The molecular weight excluding hydrogens is 324 g/mol. The van der Waals surface area contributed by atoms with E-state index >= 15 is 0 Å². The van der Waals surface area contributed by atoms with Crippen molar-refractivity contribution in [1.82, 2.24) is 5.32 Å². The summed E-state index contributed by atoms with van der Waals surface area (Å²) in [7, 11) is 1.59. The molecule has 1 aliphatic rings. The van der Waals surface area contributed by atoms with E-state index in [-0.39, 0.29) is 11.4 Å². The third-order valence-corrected chi connectivity index (χ3v) is 4.75. The number of nitrogens with one attached hydrogen (secondary N) is 2. The van der Waals surface area contributed by atoms with Gasteiger partial charge in [0.2, 0.25) is 0 Å². The van der Waals surface area contributed by atoms with E-state index in [1.54, 1.807) is 7.11 Å². The van der Waals surface area contributed by atoms with Crippen LogP contribution in [0.1, 0.15) is 24.0 Å². The first-order valence-corrected chi connectivity index (χ1v) is 8.36. The molecule has 4 nitrogen and oxygen atoms in total. The van der Waals surface area contributed by atoms with Gasteiger partial charge in [0.15, 0.2) is 0 Å². The standard InChI is InChI=1S/C19H21ClN2O2/c1-13-3-8-17(24-2)16(11-13)22-18(23)21-12-19(9-10-19)14-4-6-15(20)7-5-14/h3-8,11H,9-10,12H2,1-2H3,(H2,21,22,23). The van der Waals surface area contributed by atoms with E-state index < -0.39 is 0 Å². The maximum atomic E-state index is 12.3. The van der Waals surface area contributed by atoms with Gasteiger partial charge in [-0.1, -0.05) is 29.8 Å². The third kappa shape index (κ3) is 3.65. The largest absolute Gasteiger partial charge is 0.495 e. The highest BCUT2D eigenvalue weighted by molar-refractivity contribution is 6.30. The zero-order valence-corrected chi connectivity index (χ0v) is 14.6. The van der Waals surface area contributed by atoms with E-state index in [1.807, 2.05) is 49.4 Å². The monoisotopic (exact) mass is 344 g/mol. The maximum Gasteiger partial charge on any atom is 0.319 e. The molecule has 1 saturated carbocycles. The summed E-state index contributed by atoms with van der Waals surface area (Å²) in [4.78, 5) is 12.3. The molecule has 126 valence electrons. The summed E-state index contributed by atoms with van der Waals surface area (Å²) in [6, 6.07) is 13.3. The molecule has 0 aromatic heterocycles. The smallest absolute Gasteiger partial charge is 0.319 e. The molecule has 24 heavy (non-hydrogen) atoms. The lowest BCUT2D eigenvalue weighted by atomic mass is 9.96.